The van der Waals surface area contributed by atoms with E-state index in [-0.39, 0.29) is 36.4 Å². The van der Waals surface area contributed by atoms with Crippen LogP contribution in [0, 0.1) is 5.92 Å². The molecule has 1 aliphatic heterocycles. The molecule has 2 rings (SSSR count). The van der Waals surface area contributed by atoms with E-state index >= 15 is 0 Å². The number of ether oxygens (including phenoxy) is 1. The summed E-state index contributed by atoms with van der Waals surface area (Å²) in [6.07, 6.45) is 0.227. The fourth-order valence-electron chi connectivity index (χ4n) is 2.64. The van der Waals surface area contributed by atoms with Crippen LogP contribution in [0.2, 0.25) is 0 Å². The molecule has 2 unspecified atom stereocenters. The van der Waals surface area contributed by atoms with Crippen LogP contribution in [0.1, 0.15) is 31.7 Å². The molecule has 0 bridgehead atoms. The van der Waals surface area contributed by atoms with Gasteiger partial charge >= 0.3 is 0 Å². The number of carbonyl (C=O) groups excluding carboxylic acids is 1. The second-order valence-electron chi connectivity index (χ2n) is 6.22. The van der Waals surface area contributed by atoms with Crippen LogP contribution >= 0.6 is 23.7 Å². The zero-order chi connectivity index (χ0) is 16.1. The van der Waals surface area contributed by atoms with Gasteiger partial charge in [-0.3, -0.25) is 9.69 Å². The monoisotopic (exact) mass is 361 g/mol. The molecule has 1 aromatic rings. The first kappa shape index (κ1) is 20.4. The van der Waals surface area contributed by atoms with Crippen LogP contribution < -0.4 is 11.1 Å². The first-order chi connectivity index (χ1) is 10.5. The summed E-state index contributed by atoms with van der Waals surface area (Å²) in [5, 5.41) is 5.10. The maximum absolute atomic E-state index is 12.1. The van der Waals surface area contributed by atoms with E-state index in [2.05, 4.69) is 34.7 Å². The van der Waals surface area contributed by atoms with E-state index in [4.69, 9.17) is 10.5 Å². The minimum absolute atomic E-state index is 0. The number of rotatable bonds is 6. The predicted octanol–water partition coefficient (Wildman–Crippen LogP) is 2.03. The van der Waals surface area contributed by atoms with E-state index in [1.165, 1.54) is 4.88 Å². The van der Waals surface area contributed by atoms with Crippen molar-refractivity contribution in [3.05, 3.63) is 22.4 Å². The summed E-state index contributed by atoms with van der Waals surface area (Å²) in [4.78, 5) is 15.8. The Morgan fingerprint density at radius 2 is 2.30 bits per heavy atom. The molecule has 0 spiro atoms. The predicted molar refractivity (Wildman–Crippen MR) is 97.1 cm³/mol. The van der Waals surface area contributed by atoms with E-state index in [0.717, 1.165) is 19.7 Å². The third-order valence-corrected chi connectivity index (χ3v) is 5.05. The third-order valence-electron chi connectivity index (χ3n) is 4.08. The van der Waals surface area contributed by atoms with Gasteiger partial charge in [0.1, 0.15) is 0 Å². The fourth-order valence-corrected chi connectivity index (χ4v) is 3.50. The van der Waals surface area contributed by atoms with Crippen LogP contribution in [-0.2, 0) is 9.53 Å². The molecule has 1 aromatic heterocycles. The third kappa shape index (κ3) is 5.72. The maximum atomic E-state index is 12.1. The molecule has 3 atom stereocenters. The highest BCUT2D eigenvalue weighted by atomic mass is 35.5. The summed E-state index contributed by atoms with van der Waals surface area (Å²) in [6, 6.07) is 3.92. The Labute approximate surface area is 149 Å². The van der Waals surface area contributed by atoms with Crippen LogP contribution in [0.3, 0.4) is 0 Å². The van der Waals surface area contributed by atoms with Crippen molar-refractivity contribution in [2.45, 2.75) is 39.0 Å². The number of morpholine rings is 1. The number of amides is 1. The van der Waals surface area contributed by atoms with Gasteiger partial charge in [0.15, 0.2) is 0 Å². The average molecular weight is 362 g/mol. The molecule has 0 aliphatic carbocycles. The molecule has 0 saturated carbocycles. The van der Waals surface area contributed by atoms with E-state index in [9.17, 15) is 4.79 Å². The molecule has 0 radical (unpaired) electrons. The molecular weight excluding hydrogens is 334 g/mol. The van der Waals surface area contributed by atoms with Gasteiger partial charge < -0.3 is 15.8 Å². The zero-order valence-electron chi connectivity index (χ0n) is 14.0. The van der Waals surface area contributed by atoms with Gasteiger partial charge in [0.25, 0.3) is 0 Å². The Kier molecular flexibility index (Phi) is 8.50. The lowest BCUT2D eigenvalue weighted by molar-refractivity contribution is -0.123. The van der Waals surface area contributed by atoms with E-state index < -0.39 is 6.04 Å². The lowest BCUT2D eigenvalue weighted by Crippen LogP contribution is -2.49. The van der Waals surface area contributed by atoms with Crippen LogP contribution in [-0.4, -0.2) is 49.2 Å². The summed E-state index contributed by atoms with van der Waals surface area (Å²) < 4.78 is 5.63. The molecule has 23 heavy (non-hydrogen) atoms. The SMILES string of the molecule is CC1CN(C(CNC(=O)[C@@H](N)C(C)C)c2cccs2)CCO1.Cl. The number of thiophene rings is 1. The van der Waals surface area contributed by atoms with Gasteiger partial charge in [0.2, 0.25) is 5.91 Å². The standard InChI is InChI=1S/C16H27N3O2S.ClH/c1-11(2)15(17)16(20)18-9-13(14-5-4-8-22-14)19-6-7-21-12(3)10-19;/h4-5,8,11-13,15H,6-7,9-10,17H2,1-3H3,(H,18,20);1H/t12?,13?,15-;/m0./s1. The summed E-state index contributed by atoms with van der Waals surface area (Å²) in [5.74, 6) is 0.0708. The highest BCUT2D eigenvalue weighted by molar-refractivity contribution is 7.10. The molecule has 1 fully saturated rings. The first-order valence-electron chi connectivity index (χ1n) is 7.91. The van der Waals surface area contributed by atoms with Gasteiger partial charge in [-0.05, 0) is 24.3 Å². The van der Waals surface area contributed by atoms with E-state index in [1.807, 2.05) is 13.8 Å². The molecule has 132 valence electrons. The van der Waals surface area contributed by atoms with Gasteiger partial charge in [-0.15, -0.1) is 23.7 Å². The molecular formula is C16H28ClN3O2S. The van der Waals surface area contributed by atoms with Crippen LogP contribution in [0.4, 0.5) is 0 Å². The van der Waals surface area contributed by atoms with Gasteiger partial charge in [-0.2, -0.15) is 0 Å². The summed E-state index contributed by atoms with van der Waals surface area (Å²) in [5.41, 5.74) is 5.92. The highest BCUT2D eigenvalue weighted by Crippen LogP contribution is 2.26. The van der Waals surface area contributed by atoms with Gasteiger partial charge in [-0.1, -0.05) is 19.9 Å². The van der Waals surface area contributed by atoms with Crippen LogP contribution in [0.15, 0.2) is 17.5 Å². The molecule has 0 aromatic carbocycles. The minimum atomic E-state index is -0.451. The number of hydrogen-bond donors (Lipinski definition) is 2. The Balaban J connectivity index is 0.00000264. The number of hydrogen-bond acceptors (Lipinski definition) is 5. The number of nitrogens with two attached hydrogens (primary N) is 1. The lowest BCUT2D eigenvalue weighted by Gasteiger charge is -2.37. The van der Waals surface area contributed by atoms with Crippen molar-refractivity contribution in [2.24, 2.45) is 11.7 Å². The van der Waals surface area contributed by atoms with Gasteiger partial charge in [0, 0.05) is 24.5 Å². The van der Waals surface area contributed by atoms with Crippen LogP contribution in [0.25, 0.3) is 0 Å². The number of nitrogens with one attached hydrogen (secondary N) is 1. The number of nitrogens with zero attached hydrogens (tertiary/aromatic N) is 1. The second kappa shape index (κ2) is 9.59. The Morgan fingerprint density at radius 3 is 2.87 bits per heavy atom. The smallest absolute Gasteiger partial charge is 0.237 e. The number of halogens is 1. The van der Waals surface area contributed by atoms with E-state index in [1.54, 1.807) is 11.3 Å². The van der Waals surface area contributed by atoms with Crippen molar-refractivity contribution in [3.8, 4) is 0 Å². The fraction of sp³-hybridized carbons (Fsp3) is 0.688. The average Bonchev–Trinajstić information content (AvgIpc) is 3.00. The van der Waals surface area contributed by atoms with Gasteiger partial charge in [0.05, 0.1) is 24.8 Å². The Hall–Kier alpha value is -0.660. The molecule has 1 saturated heterocycles. The largest absolute Gasteiger partial charge is 0.376 e. The molecule has 5 nitrogen and oxygen atoms in total. The van der Waals surface area contributed by atoms with Crippen molar-refractivity contribution in [1.29, 1.82) is 0 Å². The van der Waals surface area contributed by atoms with E-state index in [0.29, 0.717) is 6.54 Å². The van der Waals surface area contributed by atoms with Crippen molar-refractivity contribution in [1.82, 2.24) is 10.2 Å². The quantitative estimate of drug-likeness (QED) is 0.813. The lowest BCUT2D eigenvalue weighted by atomic mass is 10.0. The summed E-state index contributed by atoms with van der Waals surface area (Å²) in [6.45, 7) is 9.11. The zero-order valence-corrected chi connectivity index (χ0v) is 15.7. The summed E-state index contributed by atoms with van der Waals surface area (Å²) in [7, 11) is 0. The second-order valence-corrected chi connectivity index (χ2v) is 7.20. The minimum Gasteiger partial charge on any atom is -0.376 e. The first-order valence-corrected chi connectivity index (χ1v) is 8.79. The molecule has 2 heterocycles. The Bertz CT molecular complexity index is 470. The molecule has 1 aliphatic rings. The molecule has 1 amide bonds. The van der Waals surface area contributed by atoms with Crippen molar-refractivity contribution in [3.63, 3.8) is 0 Å². The maximum Gasteiger partial charge on any atom is 0.237 e. The number of carbonyl (C=O) groups is 1. The van der Waals surface area contributed by atoms with Gasteiger partial charge in [-0.25, -0.2) is 0 Å². The Morgan fingerprint density at radius 1 is 1.57 bits per heavy atom. The summed E-state index contributed by atoms with van der Waals surface area (Å²) >= 11 is 1.73. The molecule has 3 N–H and O–H groups in total. The normalized spacial score (nSPS) is 21.5. The molecule has 7 heteroatoms. The van der Waals surface area contributed by atoms with Crippen molar-refractivity contribution in [2.75, 3.05) is 26.2 Å². The highest BCUT2D eigenvalue weighted by Gasteiger charge is 2.27. The van der Waals surface area contributed by atoms with Crippen LogP contribution in [0.5, 0.6) is 0 Å². The van der Waals surface area contributed by atoms with Crippen molar-refractivity contribution >= 4 is 29.7 Å². The van der Waals surface area contributed by atoms with Crippen molar-refractivity contribution < 1.29 is 9.53 Å². The topological polar surface area (TPSA) is 67.6 Å².